The first kappa shape index (κ1) is 17.8. The lowest BCUT2D eigenvalue weighted by atomic mass is 9.97. The van der Waals surface area contributed by atoms with Crippen molar-refractivity contribution in [3.63, 3.8) is 0 Å². The third-order valence-corrected chi connectivity index (χ3v) is 4.05. The maximum absolute atomic E-state index is 12.2. The fourth-order valence-electron chi connectivity index (χ4n) is 2.69. The zero-order valence-electron chi connectivity index (χ0n) is 13.9. The summed E-state index contributed by atoms with van der Waals surface area (Å²) in [4.78, 5) is 37.5. The Balaban J connectivity index is 1.90. The molecule has 0 aromatic heterocycles. The van der Waals surface area contributed by atoms with Crippen LogP contribution < -0.4 is 5.32 Å². The van der Waals surface area contributed by atoms with E-state index in [1.165, 1.54) is 17.0 Å². The Morgan fingerprint density at radius 3 is 2.54 bits per heavy atom. The zero-order chi connectivity index (χ0) is 17.7. The predicted octanol–water partition coefficient (Wildman–Crippen LogP) is 1.44. The fraction of sp³-hybridized carbons (Fsp3) is 0.471. The van der Waals surface area contributed by atoms with Gasteiger partial charge in [-0.1, -0.05) is 0 Å². The van der Waals surface area contributed by atoms with Crippen LogP contribution in [-0.2, 0) is 19.1 Å². The zero-order valence-corrected chi connectivity index (χ0v) is 13.9. The third kappa shape index (κ3) is 4.24. The van der Waals surface area contributed by atoms with Crippen molar-refractivity contribution < 1.29 is 24.2 Å². The number of hydrogen-bond donors (Lipinski definition) is 2. The molecular formula is C17H22N2O5. The Kier molecular flexibility index (Phi) is 5.78. The van der Waals surface area contributed by atoms with Gasteiger partial charge >= 0.3 is 17.8 Å². The number of esters is 1. The number of amides is 2. The number of nitrogens with one attached hydrogen (secondary N) is 1. The highest BCUT2D eigenvalue weighted by molar-refractivity contribution is 6.39. The lowest BCUT2D eigenvalue weighted by molar-refractivity contribution is -0.152. The summed E-state index contributed by atoms with van der Waals surface area (Å²) in [6, 6.07) is 4.49. The highest BCUT2D eigenvalue weighted by Crippen LogP contribution is 2.21. The number of aromatic hydroxyl groups is 1. The summed E-state index contributed by atoms with van der Waals surface area (Å²) in [5.74, 6) is -1.70. The number of phenols is 1. The average molecular weight is 334 g/mol. The first-order valence-electron chi connectivity index (χ1n) is 7.99. The first-order chi connectivity index (χ1) is 11.4. The van der Waals surface area contributed by atoms with E-state index < -0.39 is 11.8 Å². The van der Waals surface area contributed by atoms with Gasteiger partial charge in [-0.15, -0.1) is 0 Å². The number of nitrogens with zero attached hydrogens (tertiary/aromatic N) is 1. The number of ether oxygens (including phenoxy) is 1. The fourth-order valence-corrected chi connectivity index (χ4v) is 2.69. The molecule has 1 aromatic carbocycles. The molecule has 2 amide bonds. The molecule has 0 aliphatic carbocycles. The number of likely N-dealkylation sites (tertiary alicyclic amines) is 1. The molecule has 0 radical (unpaired) electrons. The Labute approximate surface area is 140 Å². The molecule has 1 aromatic rings. The van der Waals surface area contributed by atoms with E-state index in [-0.39, 0.29) is 17.6 Å². The third-order valence-electron chi connectivity index (χ3n) is 4.05. The molecule has 1 aliphatic heterocycles. The van der Waals surface area contributed by atoms with Crippen LogP contribution in [0.2, 0.25) is 0 Å². The standard InChI is InChI=1S/C17H22N2O5/c1-3-24-17(23)12-6-8-19(9-7-12)16(22)15(21)18-14-5-4-13(20)10-11(14)2/h4-5,10,12,20H,3,6-9H2,1-2H3,(H,18,21). The number of rotatable bonds is 3. The SMILES string of the molecule is CCOC(=O)C1CCN(C(=O)C(=O)Nc2ccc(O)cc2C)CC1. The van der Waals surface area contributed by atoms with Crippen molar-refractivity contribution >= 4 is 23.5 Å². The molecule has 7 heteroatoms. The van der Waals surface area contributed by atoms with Crippen molar-refractivity contribution in [1.82, 2.24) is 4.90 Å². The van der Waals surface area contributed by atoms with Crippen molar-refractivity contribution in [2.75, 3.05) is 25.0 Å². The van der Waals surface area contributed by atoms with Crippen molar-refractivity contribution in [2.45, 2.75) is 26.7 Å². The first-order valence-corrected chi connectivity index (χ1v) is 7.99. The number of carbonyl (C=O) groups is 3. The molecule has 0 saturated carbocycles. The van der Waals surface area contributed by atoms with Crippen molar-refractivity contribution in [1.29, 1.82) is 0 Å². The molecule has 2 rings (SSSR count). The molecule has 1 fully saturated rings. The largest absolute Gasteiger partial charge is 0.508 e. The minimum Gasteiger partial charge on any atom is -0.508 e. The highest BCUT2D eigenvalue weighted by atomic mass is 16.5. The van der Waals surface area contributed by atoms with E-state index >= 15 is 0 Å². The number of aryl methyl sites for hydroxylation is 1. The molecule has 7 nitrogen and oxygen atoms in total. The summed E-state index contributed by atoms with van der Waals surface area (Å²) < 4.78 is 4.98. The van der Waals surface area contributed by atoms with Crippen LogP contribution in [0.25, 0.3) is 0 Å². The smallest absolute Gasteiger partial charge is 0.313 e. The minimum atomic E-state index is -0.724. The van der Waals surface area contributed by atoms with Gasteiger partial charge in [0.15, 0.2) is 0 Å². The van der Waals surface area contributed by atoms with Crippen LogP contribution in [0.1, 0.15) is 25.3 Å². The molecule has 2 N–H and O–H groups in total. The van der Waals surface area contributed by atoms with Crippen LogP contribution >= 0.6 is 0 Å². The van der Waals surface area contributed by atoms with E-state index in [0.29, 0.717) is 43.8 Å². The van der Waals surface area contributed by atoms with E-state index in [4.69, 9.17) is 4.74 Å². The molecule has 0 bridgehead atoms. The van der Waals surface area contributed by atoms with E-state index in [2.05, 4.69) is 5.32 Å². The molecule has 0 unspecified atom stereocenters. The molecule has 0 atom stereocenters. The summed E-state index contributed by atoms with van der Waals surface area (Å²) in [6.45, 7) is 4.53. The van der Waals surface area contributed by atoms with E-state index in [9.17, 15) is 19.5 Å². The molecular weight excluding hydrogens is 312 g/mol. The lowest BCUT2D eigenvalue weighted by Crippen LogP contribution is -2.45. The van der Waals surface area contributed by atoms with E-state index in [1.807, 2.05) is 0 Å². The second-order valence-corrected chi connectivity index (χ2v) is 5.77. The van der Waals surface area contributed by atoms with Gasteiger partial charge in [0, 0.05) is 18.8 Å². The van der Waals surface area contributed by atoms with Crippen LogP contribution in [0.3, 0.4) is 0 Å². The van der Waals surface area contributed by atoms with Crippen LogP contribution in [0.5, 0.6) is 5.75 Å². The monoisotopic (exact) mass is 334 g/mol. The average Bonchev–Trinajstić information content (AvgIpc) is 2.57. The number of piperidine rings is 1. The van der Waals surface area contributed by atoms with Gasteiger partial charge < -0.3 is 20.1 Å². The van der Waals surface area contributed by atoms with Crippen LogP contribution in [-0.4, -0.2) is 47.5 Å². The van der Waals surface area contributed by atoms with Crippen LogP contribution in [0, 0.1) is 12.8 Å². The second kappa shape index (κ2) is 7.81. The number of benzene rings is 1. The predicted molar refractivity (Wildman–Crippen MR) is 87.4 cm³/mol. The van der Waals surface area contributed by atoms with Crippen LogP contribution in [0.15, 0.2) is 18.2 Å². The summed E-state index contributed by atoms with van der Waals surface area (Å²) >= 11 is 0. The Bertz CT molecular complexity index is 636. The van der Waals surface area contributed by atoms with Gasteiger partial charge in [0.05, 0.1) is 12.5 Å². The maximum atomic E-state index is 12.2. The summed E-state index contributed by atoms with van der Waals surface area (Å²) in [5, 5.41) is 11.9. The second-order valence-electron chi connectivity index (χ2n) is 5.77. The Morgan fingerprint density at radius 2 is 1.96 bits per heavy atom. The van der Waals surface area contributed by atoms with Gasteiger partial charge in [0.25, 0.3) is 0 Å². The molecule has 1 heterocycles. The summed E-state index contributed by atoms with van der Waals surface area (Å²) in [6.07, 6.45) is 0.992. The van der Waals surface area contributed by atoms with Crippen molar-refractivity contribution in [2.24, 2.45) is 5.92 Å². The molecule has 130 valence electrons. The van der Waals surface area contributed by atoms with Gasteiger partial charge in [-0.25, -0.2) is 0 Å². The van der Waals surface area contributed by atoms with E-state index in [1.54, 1.807) is 19.9 Å². The Morgan fingerprint density at radius 1 is 1.29 bits per heavy atom. The van der Waals surface area contributed by atoms with Gasteiger partial charge in [-0.3, -0.25) is 14.4 Å². The van der Waals surface area contributed by atoms with Gasteiger partial charge in [0.1, 0.15) is 5.75 Å². The van der Waals surface area contributed by atoms with Crippen LogP contribution in [0.4, 0.5) is 5.69 Å². The molecule has 1 saturated heterocycles. The van der Waals surface area contributed by atoms with Gasteiger partial charge in [-0.05, 0) is 50.5 Å². The topological polar surface area (TPSA) is 95.9 Å². The lowest BCUT2D eigenvalue weighted by Gasteiger charge is -2.30. The quantitative estimate of drug-likeness (QED) is 0.495. The highest BCUT2D eigenvalue weighted by Gasteiger charge is 2.30. The number of hydrogen-bond acceptors (Lipinski definition) is 5. The van der Waals surface area contributed by atoms with Crippen molar-refractivity contribution in [3.8, 4) is 5.75 Å². The maximum Gasteiger partial charge on any atom is 0.313 e. The molecule has 1 aliphatic rings. The number of anilines is 1. The number of carbonyl (C=O) groups excluding carboxylic acids is 3. The normalized spacial score (nSPS) is 15.0. The number of phenolic OH excluding ortho intramolecular Hbond substituents is 1. The van der Waals surface area contributed by atoms with Gasteiger partial charge in [0.2, 0.25) is 0 Å². The summed E-state index contributed by atoms with van der Waals surface area (Å²) in [7, 11) is 0. The van der Waals surface area contributed by atoms with Crippen molar-refractivity contribution in [3.05, 3.63) is 23.8 Å². The van der Waals surface area contributed by atoms with Gasteiger partial charge in [-0.2, -0.15) is 0 Å². The molecule has 0 spiro atoms. The Hall–Kier alpha value is -2.57. The summed E-state index contributed by atoms with van der Waals surface area (Å²) in [5.41, 5.74) is 1.14. The minimum absolute atomic E-state index is 0.0952. The van der Waals surface area contributed by atoms with E-state index in [0.717, 1.165) is 0 Å². The molecule has 24 heavy (non-hydrogen) atoms.